The summed E-state index contributed by atoms with van der Waals surface area (Å²) in [4.78, 5) is 12.1. The summed E-state index contributed by atoms with van der Waals surface area (Å²) >= 11 is 5.54. The number of hydrogen-bond donors (Lipinski definition) is 1. The van der Waals surface area contributed by atoms with Crippen LogP contribution in [0.3, 0.4) is 0 Å². The van der Waals surface area contributed by atoms with Crippen molar-refractivity contribution in [2.24, 2.45) is 0 Å². The van der Waals surface area contributed by atoms with E-state index in [1.54, 1.807) is 6.08 Å². The largest absolute Gasteiger partial charge is 0.269 e. The molecule has 1 amide bonds. The van der Waals surface area contributed by atoms with Crippen molar-refractivity contribution in [1.29, 1.82) is 0 Å². The molecule has 0 aliphatic heterocycles. The number of carbonyl (C=O) groups excluding carboxylic acids is 1. The number of rotatable bonds is 8. The van der Waals surface area contributed by atoms with Gasteiger partial charge in [0.2, 0.25) is 10.0 Å². The molecule has 0 bridgehead atoms. The lowest BCUT2D eigenvalue weighted by atomic mass is 9.87. The molecule has 1 aliphatic rings. The zero-order valence-electron chi connectivity index (χ0n) is 19.4. The average Bonchev–Trinajstić information content (AvgIpc) is 3.07. The number of sulfonamides is 1. The number of alkyl halides is 1. The quantitative estimate of drug-likeness (QED) is 0.298. The highest BCUT2D eigenvalue weighted by molar-refractivity contribution is 7.90. The number of hydrogen-bond acceptors (Lipinski definition) is 3. The van der Waals surface area contributed by atoms with Crippen LogP contribution in [0.25, 0.3) is 17.2 Å². The molecule has 3 aromatic rings. The second kappa shape index (κ2) is 11.5. The normalized spacial score (nSPS) is 14.0. The Balaban J connectivity index is 1.63. The highest BCUT2D eigenvalue weighted by Gasteiger charge is 2.19. The Morgan fingerprint density at radius 2 is 1.60 bits per heavy atom. The van der Waals surface area contributed by atoms with Gasteiger partial charge in [0, 0.05) is 12.0 Å². The van der Waals surface area contributed by atoms with Crippen LogP contribution in [0, 0.1) is 0 Å². The highest BCUT2D eigenvalue weighted by Crippen LogP contribution is 2.39. The van der Waals surface area contributed by atoms with Crippen LogP contribution in [0.4, 0.5) is 0 Å². The zero-order valence-corrected chi connectivity index (χ0v) is 21.0. The average molecular weight is 506 g/mol. The summed E-state index contributed by atoms with van der Waals surface area (Å²) in [6, 6.07) is 27.1. The molecule has 1 aliphatic carbocycles. The maximum atomic E-state index is 12.1. The van der Waals surface area contributed by atoms with Crippen molar-refractivity contribution in [1.82, 2.24) is 4.72 Å². The molecule has 1 N–H and O–H groups in total. The fraction of sp³-hybridized carbons (Fsp3) is 0.207. The van der Waals surface area contributed by atoms with Crippen molar-refractivity contribution >= 4 is 44.8 Å². The van der Waals surface area contributed by atoms with Crippen molar-refractivity contribution in [2.75, 3.05) is 11.6 Å². The Morgan fingerprint density at radius 1 is 0.886 bits per heavy atom. The minimum Gasteiger partial charge on any atom is -0.269 e. The third-order valence-corrected chi connectivity index (χ3v) is 7.62. The van der Waals surface area contributed by atoms with Crippen LogP contribution in [-0.4, -0.2) is 26.0 Å². The van der Waals surface area contributed by atoms with Crippen molar-refractivity contribution in [3.63, 3.8) is 0 Å². The van der Waals surface area contributed by atoms with E-state index in [4.69, 9.17) is 11.6 Å². The van der Waals surface area contributed by atoms with E-state index in [2.05, 4.69) is 60.7 Å². The molecule has 0 saturated heterocycles. The van der Waals surface area contributed by atoms with Crippen LogP contribution < -0.4 is 4.72 Å². The fourth-order valence-corrected chi connectivity index (χ4v) is 5.69. The van der Waals surface area contributed by atoms with Gasteiger partial charge in [-0.1, -0.05) is 78.9 Å². The van der Waals surface area contributed by atoms with E-state index >= 15 is 0 Å². The van der Waals surface area contributed by atoms with Gasteiger partial charge >= 0.3 is 0 Å². The first kappa shape index (κ1) is 25.0. The van der Waals surface area contributed by atoms with E-state index in [0.717, 1.165) is 30.4 Å². The van der Waals surface area contributed by atoms with Gasteiger partial charge in [-0.05, 0) is 70.7 Å². The summed E-state index contributed by atoms with van der Waals surface area (Å²) in [6.07, 6.45) is 6.27. The van der Waals surface area contributed by atoms with Crippen LogP contribution >= 0.6 is 11.6 Å². The van der Waals surface area contributed by atoms with E-state index in [0.29, 0.717) is 6.42 Å². The number of carbonyl (C=O) groups is 1. The SMILES string of the molecule is O=C(/C=C/c1ccc(C2=C(c3ccccc3)CCCc3ccccc32)cc1)NS(=O)(=O)CCCCl. The fourth-order valence-electron chi connectivity index (χ4n) is 4.40. The zero-order chi connectivity index (χ0) is 24.7. The Morgan fingerprint density at radius 3 is 2.34 bits per heavy atom. The predicted molar refractivity (Wildman–Crippen MR) is 144 cm³/mol. The summed E-state index contributed by atoms with van der Waals surface area (Å²) < 4.78 is 25.8. The molecule has 4 nitrogen and oxygen atoms in total. The van der Waals surface area contributed by atoms with Gasteiger partial charge in [-0.3, -0.25) is 4.79 Å². The van der Waals surface area contributed by atoms with Gasteiger partial charge in [-0.2, -0.15) is 0 Å². The first-order valence-electron chi connectivity index (χ1n) is 11.7. The van der Waals surface area contributed by atoms with E-state index < -0.39 is 15.9 Å². The Kier molecular flexibility index (Phi) is 8.21. The molecule has 0 saturated carbocycles. The summed E-state index contributed by atoms with van der Waals surface area (Å²) in [7, 11) is -3.67. The number of halogens is 1. The molecule has 0 aromatic heterocycles. The van der Waals surface area contributed by atoms with E-state index in [-0.39, 0.29) is 11.6 Å². The van der Waals surface area contributed by atoms with Gasteiger partial charge in [-0.15, -0.1) is 11.6 Å². The highest BCUT2D eigenvalue weighted by atomic mass is 35.5. The van der Waals surface area contributed by atoms with Gasteiger partial charge in [0.25, 0.3) is 5.91 Å². The monoisotopic (exact) mass is 505 g/mol. The topological polar surface area (TPSA) is 63.2 Å². The van der Waals surface area contributed by atoms with Gasteiger partial charge < -0.3 is 0 Å². The number of fused-ring (bicyclic) bond motifs is 1. The maximum Gasteiger partial charge on any atom is 0.257 e. The van der Waals surface area contributed by atoms with Crippen molar-refractivity contribution in [2.45, 2.75) is 25.7 Å². The molecular formula is C29H28ClNO3S. The number of aryl methyl sites for hydroxylation is 1. The van der Waals surface area contributed by atoms with Gasteiger partial charge in [0.1, 0.15) is 0 Å². The van der Waals surface area contributed by atoms with Crippen LogP contribution in [-0.2, 0) is 21.2 Å². The van der Waals surface area contributed by atoms with Gasteiger partial charge in [0.05, 0.1) is 5.75 Å². The van der Waals surface area contributed by atoms with Crippen LogP contribution in [0.15, 0.2) is 84.9 Å². The number of allylic oxidation sites excluding steroid dienone is 1. The molecule has 0 atom stereocenters. The molecule has 0 unspecified atom stereocenters. The molecule has 6 heteroatoms. The number of benzene rings is 3. The summed E-state index contributed by atoms with van der Waals surface area (Å²) in [5.41, 5.74) is 8.34. The van der Waals surface area contributed by atoms with Crippen LogP contribution in [0.1, 0.15) is 47.1 Å². The van der Waals surface area contributed by atoms with E-state index in [9.17, 15) is 13.2 Å². The van der Waals surface area contributed by atoms with Crippen molar-refractivity contribution in [3.8, 4) is 0 Å². The molecule has 180 valence electrons. The van der Waals surface area contributed by atoms with Crippen molar-refractivity contribution < 1.29 is 13.2 Å². The third-order valence-electron chi connectivity index (χ3n) is 6.01. The molecule has 3 aromatic carbocycles. The molecule has 35 heavy (non-hydrogen) atoms. The van der Waals surface area contributed by atoms with Crippen LogP contribution in [0.5, 0.6) is 0 Å². The van der Waals surface area contributed by atoms with Gasteiger partial charge in [0.15, 0.2) is 0 Å². The smallest absolute Gasteiger partial charge is 0.257 e. The summed E-state index contributed by atoms with van der Waals surface area (Å²) in [5.74, 6) is -0.620. The van der Waals surface area contributed by atoms with Crippen molar-refractivity contribution in [3.05, 3.63) is 113 Å². The van der Waals surface area contributed by atoms with E-state index in [1.165, 1.54) is 33.9 Å². The second-order valence-corrected chi connectivity index (χ2v) is 10.7. The standard InChI is InChI=1S/C29H28ClNO3S/c30-20-7-21-35(33,34)31-28(32)19-16-22-14-17-25(18-15-22)29-26-12-5-4-10-24(26)11-6-13-27(29)23-8-2-1-3-9-23/h1-5,8-10,12,14-19H,6-7,11,13,20-21H2,(H,31,32)/b19-16+. The number of amides is 1. The van der Waals surface area contributed by atoms with Gasteiger partial charge in [-0.25, -0.2) is 13.1 Å². The lowest BCUT2D eigenvalue weighted by Gasteiger charge is -2.16. The Labute approximate surface area is 212 Å². The molecule has 0 radical (unpaired) electrons. The Hall–Kier alpha value is -3.15. The first-order valence-corrected chi connectivity index (χ1v) is 13.9. The molecule has 0 fully saturated rings. The van der Waals surface area contributed by atoms with Crippen LogP contribution in [0.2, 0.25) is 0 Å². The first-order chi connectivity index (χ1) is 17.0. The molecule has 4 rings (SSSR count). The second-order valence-electron chi connectivity index (χ2n) is 8.51. The Bertz CT molecular complexity index is 1340. The molecule has 0 spiro atoms. The minimum atomic E-state index is -3.67. The summed E-state index contributed by atoms with van der Waals surface area (Å²) in [5, 5.41) is 0. The lowest BCUT2D eigenvalue weighted by Crippen LogP contribution is -2.31. The molecule has 0 heterocycles. The predicted octanol–water partition coefficient (Wildman–Crippen LogP) is 6.07. The third kappa shape index (κ3) is 6.50. The minimum absolute atomic E-state index is 0.175. The number of nitrogens with one attached hydrogen (secondary N) is 1. The van der Waals surface area contributed by atoms with E-state index in [1.807, 2.05) is 22.9 Å². The maximum absolute atomic E-state index is 12.1. The summed E-state index contributed by atoms with van der Waals surface area (Å²) in [6.45, 7) is 0. The molecular weight excluding hydrogens is 478 g/mol. The lowest BCUT2D eigenvalue weighted by molar-refractivity contribution is -0.114.